The number of likely N-dealkylation sites (tertiary alicyclic amines) is 1. The second-order valence-corrected chi connectivity index (χ2v) is 7.14. The number of pyridine rings is 2. The number of hydrogen-bond acceptors (Lipinski definition) is 5. The van der Waals surface area contributed by atoms with E-state index < -0.39 is 0 Å². The van der Waals surface area contributed by atoms with E-state index in [2.05, 4.69) is 21.4 Å². The zero-order chi connectivity index (χ0) is 16.5. The normalized spacial score (nSPS) is 13.8. The van der Waals surface area contributed by atoms with Crippen LogP contribution >= 0.6 is 11.3 Å². The summed E-state index contributed by atoms with van der Waals surface area (Å²) in [6.45, 7) is 4.43. The first-order valence-corrected chi connectivity index (χ1v) is 8.84. The SMILES string of the molecule is Cc1cncc(CNc2cc3c(C(=O)N4CCC4)nccc3s2)c1. The molecule has 3 aromatic heterocycles. The maximum absolute atomic E-state index is 12.5. The van der Waals surface area contributed by atoms with Gasteiger partial charge in [0.05, 0.1) is 5.00 Å². The Kier molecular flexibility index (Phi) is 3.90. The highest BCUT2D eigenvalue weighted by molar-refractivity contribution is 7.22. The number of carbonyl (C=O) groups excluding carboxylic acids is 1. The van der Waals surface area contributed by atoms with Gasteiger partial charge in [-0.2, -0.15) is 0 Å². The molecule has 0 spiro atoms. The number of thiophene rings is 1. The fourth-order valence-corrected chi connectivity index (χ4v) is 3.75. The van der Waals surface area contributed by atoms with Crippen LogP contribution in [0.3, 0.4) is 0 Å². The number of carbonyl (C=O) groups is 1. The summed E-state index contributed by atoms with van der Waals surface area (Å²) < 4.78 is 1.08. The van der Waals surface area contributed by atoms with Crippen LogP contribution in [0.1, 0.15) is 28.0 Å². The van der Waals surface area contributed by atoms with Crippen LogP contribution in [0.25, 0.3) is 10.1 Å². The number of nitrogens with zero attached hydrogens (tertiary/aromatic N) is 3. The Bertz CT molecular complexity index is 901. The second kappa shape index (κ2) is 6.20. The standard InChI is InChI=1S/C18H18N4OS/c1-12-7-13(10-19-9-12)11-21-16-8-14-15(24-16)3-4-20-17(14)18(23)22-5-2-6-22/h3-4,7-10,21H,2,5-6,11H2,1H3. The number of amides is 1. The number of hydrogen-bond donors (Lipinski definition) is 1. The predicted octanol–water partition coefficient (Wildman–Crippen LogP) is 3.46. The first-order chi connectivity index (χ1) is 11.7. The van der Waals surface area contributed by atoms with Crippen LogP contribution in [0.15, 0.2) is 36.8 Å². The molecule has 6 heteroatoms. The van der Waals surface area contributed by atoms with Gasteiger partial charge in [-0.25, -0.2) is 0 Å². The molecule has 3 aromatic rings. The molecule has 4 heterocycles. The summed E-state index contributed by atoms with van der Waals surface area (Å²) in [4.78, 5) is 22.9. The van der Waals surface area contributed by atoms with E-state index >= 15 is 0 Å². The van der Waals surface area contributed by atoms with Crippen molar-refractivity contribution in [2.75, 3.05) is 18.4 Å². The van der Waals surface area contributed by atoms with Crippen LogP contribution in [-0.4, -0.2) is 33.9 Å². The van der Waals surface area contributed by atoms with E-state index in [0.717, 1.165) is 45.7 Å². The van der Waals surface area contributed by atoms with Crippen molar-refractivity contribution in [3.05, 3.63) is 53.6 Å². The average molecular weight is 338 g/mol. The highest BCUT2D eigenvalue weighted by Crippen LogP contribution is 2.32. The Morgan fingerprint density at radius 3 is 2.96 bits per heavy atom. The lowest BCUT2D eigenvalue weighted by atomic mass is 10.1. The molecule has 1 fully saturated rings. The van der Waals surface area contributed by atoms with Crippen molar-refractivity contribution < 1.29 is 4.79 Å². The van der Waals surface area contributed by atoms with Gasteiger partial charge in [0.15, 0.2) is 0 Å². The highest BCUT2D eigenvalue weighted by Gasteiger charge is 2.24. The quantitative estimate of drug-likeness (QED) is 0.791. The van der Waals surface area contributed by atoms with Gasteiger partial charge in [-0.05, 0) is 36.6 Å². The zero-order valence-corrected chi connectivity index (χ0v) is 14.3. The molecule has 0 bridgehead atoms. The molecule has 0 aliphatic carbocycles. The van der Waals surface area contributed by atoms with E-state index in [9.17, 15) is 4.79 Å². The molecule has 0 saturated carbocycles. The summed E-state index contributed by atoms with van der Waals surface area (Å²) >= 11 is 1.65. The van der Waals surface area contributed by atoms with Gasteiger partial charge in [0.2, 0.25) is 0 Å². The van der Waals surface area contributed by atoms with Crippen molar-refractivity contribution in [1.82, 2.24) is 14.9 Å². The molecule has 1 N–H and O–H groups in total. The van der Waals surface area contributed by atoms with E-state index in [4.69, 9.17) is 0 Å². The summed E-state index contributed by atoms with van der Waals surface area (Å²) in [7, 11) is 0. The Morgan fingerprint density at radius 2 is 2.21 bits per heavy atom. The summed E-state index contributed by atoms with van der Waals surface area (Å²) in [5.74, 6) is 0.0408. The van der Waals surface area contributed by atoms with E-state index in [1.165, 1.54) is 0 Å². The molecule has 1 aliphatic heterocycles. The van der Waals surface area contributed by atoms with Gasteiger partial charge in [-0.15, -0.1) is 11.3 Å². The molecule has 4 rings (SSSR count). The molecule has 0 aromatic carbocycles. The van der Waals surface area contributed by atoms with Crippen LogP contribution in [0.5, 0.6) is 0 Å². The smallest absolute Gasteiger partial charge is 0.273 e. The minimum absolute atomic E-state index is 0.0408. The van der Waals surface area contributed by atoms with E-state index in [1.807, 2.05) is 36.4 Å². The van der Waals surface area contributed by atoms with Crippen LogP contribution < -0.4 is 5.32 Å². The molecule has 1 amide bonds. The molecular weight excluding hydrogens is 320 g/mol. The van der Waals surface area contributed by atoms with Crippen molar-refractivity contribution >= 4 is 32.3 Å². The van der Waals surface area contributed by atoms with E-state index in [0.29, 0.717) is 12.2 Å². The number of anilines is 1. The molecule has 0 radical (unpaired) electrons. The molecule has 1 aliphatic rings. The summed E-state index contributed by atoms with van der Waals surface area (Å²) in [5, 5.41) is 5.40. The Hall–Kier alpha value is -2.47. The number of fused-ring (bicyclic) bond motifs is 1. The van der Waals surface area contributed by atoms with Crippen molar-refractivity contribution in [2.24, 2.45) is 0 Å². The largest absolute Gasteiger partial charge is 0.373 e. The average Bonchev–Trinajstić information content (AvgIpc) is 2.94. The first kappa shape index (κ1) is 15.1. The first-order valence-electron chi connectivity index (χ1n) is 8.03. The van der Waals surface area contributed by atoms with Crippen molar-refractivity contribution in [1.29, 1.82) is 0 Å². The van der Waals surface area contributed by atoms with Gasteiger partial charge in [-0.3, -0.25) is 14.8 Å². The van der Waals surface area contributed by atoms with E-state index in [1.54, 1.807) is 17.5 Å². The Balaban J connectivity index is 1.57. The third-order valence-corrected chi connectivity index (χ3v) is 5.25. The van der Waals surface area contributed by atoms with Gasteiger partial charge in [0.1, 0.15) is 5.69 Å². The number of rotatable bonds is 4. The second-order valence-electron chi connectivity index (χ2n) is 6.05. The highest BCUT2D eigenvalue weighted by atomic mass is 32.1. The molecule has 0 unspecified atom stereocenters. The Labute approximate surface area is 144 Å². The van der Waals surface area contributed by atoms with Gasteiger partial charge in [-0.1, -0.05) is 6.07 Å². The molecule has 122 valence electrons. The lowest BCUT2D eigenvalue weighted by Gasteiger charge is -2.30. The van der Waals surface area contributed by atoms with Gasteiger partial charge < -0.3 is 10.2 Å². The van der Waals surface area contributed by atoms with Gasteiger partial charge in [0, 0.05) is 48.3 Å². The Morgan fingerprint density at radius 1 is 1.33 bits per heavy atom. The third-order valence-electron chi connectivity index (χ3n) is 4.19. The minimum Gasteiger partial charge on any atom is -0.373 e. The van der Waals surface area contributed by atoms with Crippen molar-refractivity contribution in [3.63, 3.8) is 0 Å². The lowest BCUT2D eigenvalue weighted by molar-refractivity contribution is 0.0648. The van der Waals surface area contributed by atoms with Crippen LogP contribution in [0.2, 0.25) is 0 Å². The zero-order valence-electron chi connectivity index (χ0n) is 13.5. The fraction of sp³-hybridized carbons (Fsp3) is 0.278. The summed E-state index contributed by atoms with van der Waals surface area (Å²) in [6, 6.07) is 6.11. The molecule has 5 nitrogen and oxygen atoms in total. The number of aromatic nitrogens is 2. The molecule has 24 heavy (non-hydrogen) atoms. The molecular formula is C18H18N4OS. The fourth-order valence-electron chi connectivity index (χ4n) is 2.79. The predicted molar refractivity (Wildman–Crippen MR) is 96.4 cm³/mol. The number of aryl methyl sites for hydroxylation is 1. The van der Waals surface area contributed by atoms with E-state index in [-0.39, 0.29) is 5.91 Å². The van der Waals surface area contributed by atoms with Crippen molar-refractivity contribution in [3.8, 4) is 0 Å². The van der Waals surface area contributed by atoms with Crippen LogP contribution in [-0.2, 0) is 6.54 Å². The third kappa shape index (κ3) is 2.85. The van der Waals surface area contributed by atoms with Gasteiger partial charge >= 0.3 is 0 Å². The minimum atomic E-state index is 0.0408. The maximum Gasteiger partial charge on any atom is 0.273 e. The van der Waals surface area contributed by atoms with Crippen LogP contribution in [0, 0.1) is 6.92 Å². The maximum atomic E-state index is 12.5. The topological polar surface area (TPSA) is 58.1 Å². The van der Waals surface area contributed by atoms with Gasteiger partial charge in [0.25, 0.3) is 5.91 Å². The summed E-state index contributed by atoms with van der Waals surface area (Å²) in [5.41, 5.74) is 2.86. The summed E-state index contributed by atoms with van der Waals surface area (Å²) in [6.07, 6.45) is 6.53. The monoisotopic (exact) mass is 338 g/mol. The lowest BCUT2D eigenvalue weighted by Crippen LogP contribution is -2.42. The van der Waals surface area contributed by atoms with Crippen molar-refractivity contribution in [2.45, 2.75) is 19.9 Å². The molecule has 1 saturated heterocycles. The number of nitrogens with one attached hydrogen (secondary N) is 1. The molecule has 0 atom stereocenters. The van der Waals surface area contributed by atoms with Crippen LogP contribution in [0.4, 0.5) is 5.00 Å².